The number of rotatable bonds is 4. The molecule has 0 radical (unpaired) electrons. The van der Waals surface area contributed by atoms with E-state index in [1.807, 2.05) is 0 Å². The fourth-order valence-corrected chi connectivity index (χ4v) is 2.45. The minimum absolute atomic E-state index is 0.638. The summed E-state index contributed by atoms with van der Waals surface area (Å²) in [5.41, 5.74) is 0. The van der Waals surface area contributed by atoms with Gasteiger partial charge < -0.3 is 11.8 Å². The molecule has 1 atom stereocenters. The Kier molecular flexibility index (Phi) is 10.3. The Morgan fingerprint density at radius 2 is 1.25 bits per heavy atom. The van der Waals surface area contributed by atoms with Crippen molar-refractivity contribution in [3.8, 4) is 0 Å². The molecular formula is C19H38N-. The van der Waals surface area contributed by atoms with Gasteiger partial charge in [-0.1, -0.05) is 52.7 Å². The summed E-state index contributed by atoms with van der Waals surface area (Å²) in [6.45, 7) is 22.3. The third-order valence-corrected chi connectivity index (χ3v) is 3.99. The van der Waals surface area contributed by atoms with Gasteiger partial charge in [0, 0.05) is 6.04 Å². The molecule has 1 aliphatic heterocycles. The third kappa shape index (κ3) is 9.58. The van der Waals surface area contributed by atoms with Crippen LogP contribution in [0.1, 0.15) is 61.3 Å². The normalized spacial score (nSPS) is 19.8. The summed E-state index contributed by atoms with van der Waals surface area (Å²) < 4.78 is 0. The standard InChI is InChI=1S/C11H22N.C8H16/c1-9(2)11-5-7-12(8-6-11)10(3)4;1-7(2)5-6-8(3)4/h9-11H,1,5-8H2,2-4H3;5-8H,1-4H3/q-1;/b;6-5+/t9-;/m1./s1. The number of likely N-dealkylation sites (tertiary alicyclic amines) is 1. The maximum Gasteiger partial charge on any atom is 0.00385 e. The van der Waals surface area contributed by atoms with Crippen molar-refractivity contribution in [2.75, 3.05) is 13.1 Å². The zero-order chi connectivity index (χ0) is 15.7. The van der Waals surface area contributed by atoms with Gasteiger partial charge in [0.05, 0.1) is 0 Å². The Bertz CT molecular complexity index is 216. The zero-order valence-electron chi connectivity index (χ0n) is 15.0. The number of hydrogen-bond donors (Lipinski definition) is 0. The Balaban J connectivity index is 0.000000396. The van der Waals surface area contributed by atoms with E-state index in [9.17, 15) is 0 Å². The molecule has 120 valence electrons. The Labute approximate surface area is 128 Å². The molecule has 0 bridgehead atoms. The summed E-state index contributed by atoms with van der Waals surface area (Å²) in [7, 11) is 0. The summed E-state index contributed by atoms with van der Waals surface area (Å²) in [5, 5.41) is 0. The monoisotopic (exact) mass is 280 g/mol. The Morgan fingerprint density at radius 1 is 0.850 bits per heavy atom. The van der Waals surface area contributed by atoms with Crippen molar-refractivity contribution >= 4 is 0 Å². The summed E-state index contributed by atoms with van der Waals surface area (Å²) in [6.07, 6.45) is 7.18. The van der Waals surface area contributed by atoms with Crippen LogP contribution in [0.25, 0.3) is 0 Å². The number of allylic oxidation sites excluding steroid dienone is 2. The second kappa shape index (κ2) is 10.4. The summed E-state index contributed by atoms with van der Waals surface area (Å²) in [4.78, 5) is 2.57. The highest BCUT2D eigenvalue weighted by molar-refractivity contribution is 4.86. The van der Waals surface area contributed by atoms with E-state index >= 15 is 0 Å². The minimum atomic E-state index is 0.638. The second-order valence-electron chi connectivity index (χ2n) is 7.32. The molecule has 1 aliphatic rings. The van der Waals surface area contributed by atoms with Crippen LogP contribution in [-0.4, -0.2) is 24.0 Å². The van der Waals surface area contributed by atoms with Crippen molar-refractivity contribution in [3.63, 3.8) is 0 Å². The molecular weight excluding hydrogens is 242 g/mol. The molecule has 0 aliphatic carbocycles. The zero-order valence-corrected chi connectivity index (χ0v) is 15.0. The smallest absolute Gasteiger partial charge is 0.00385 e. The van der Waals surface area contributed by atoms with E-state index in [1.54, 1.807) is 0 Å². The molecule has 1 saturated heterocycles. The predicted octanol–water partition coefficient (Wildman–Crippen LogP) is 5.43. The lowest BCUT2D eigenvalue weighted by molar-refractivity contribution is 0.134. The van der Waals surface area contributed by atoms with E-state index in [0.717, 1.165) is 12.0 Å². The maximum atomic E-state index is 4.11. The van der Waals surface area contributed by atoms with Gasteiger partial charge in [0.25, 0.3) is 0 Å². The molecule has 1 rings (SSSR count). The van der Waals surface area contributed by atoms with E-state index in [-0.39, 0.29) is 0 Å². The lowest BCUT2D eigenvalue weighted by atomic mass is 9.86. The van der Waals surface area contributed by atoms with Crippen molar-refractivity contribution in [1.82, 2.24) is 4.90 Å². The van der Waals surface area contributed by atoms with Crippen molar-refractivity contribution in [2.45, 2.75) is 67.3 Å². The fraction of sp³-hybridized carbons (Fsp3) is 0.842. The molecule has 1 nitrogen and oxygen atoms in total. The number of nitrogens with zero attached hydrogens (tertiary/aromatic N) is 1. The highest BCUT2D eigenvalue weighted by atomic mass is 15.1. The molecule has 0 unspecified atom stereocenters. The van der Waals surface area contributed by atoms with E-state index in [2.05, 4.69) is 72.4 Å². The number of hydrogen-bond acceptors (Lipinski definition) is 1. The van der Waals surface area contributed by atoms with Crippen LogP contribution in [0, 0.1) is 30.6 Å². The molecule has 0 spiro atoms. The Hall–Kier alpha value is -0.300. The first-order valence-corrected chi connectivity index (χ1v) is 8.49. The predicted molar refractivity (Wildman–Crippen MR) is 92.8 cm³/mol. The first-order chi connectivity index (χ1) is 9.23. The molecule has 0 aromatic carbocycles. The van der Waals surface area contributed by atoms with Gasteiger partial charge in [-0.3, -0.25) is 0 Å². The van der Waals surface area contributed by atoms with E-state index in [1.165, 1.54) is 25.9 Å². The van der Waals surface area contributed by atoms with Crippen LogP contribution in [0.4, 0.5) is 0 Å². The Morgan fingerprint density at radius 3 is 1.50 bits per heavy atom. The van der Waals surface area contributed by atoms with Gasteiger partial charge in [-0.25, -0.2) is 0 Å². The van der Waals surface area contributed by atoms with Crippen molar-refractivity contribution in [2.24, 2.45) is 23.7 Å². The molecule has 0 aromatic rings. The SMILES string of the molecule is CC(C)/C=C/C(C)C.[CH2-][C@H](C)C1CCN(C(C)C)CC1. The van der Waals surface area contributed by atoms with Crippen LogP contribution in [0.15, 0.2) is 12.2 Å². The third-order valence-electron chi connectivity index (χ3n) is 3.99. The first kappa shape index (κ1) is 19.7. The topological polar surface area (TPSA) is 3.24 Å². The van der Waals surface area contributed by atoms with Crippen LogP contribution in [-0.2, 0) is 0 Å². The van der Waals surface area contributed by atoms with Crippen LogP contribution in [0.2, 0.25) is 0 Å². The van der Waals surface area contributed by atoms with E-state index < -0.39 is 0 Å². The number of piperidine rings is 1. The lowest BCUT2D eigenvalue weighted by Gasteiger charge is -2.38. The summed E-state index contributed by atoms with van der Waals surface area (Å²) in [5.74, 6) is 2.93. The van der Waals surface area contributed by atoms with Gasteiger partial charge in [-0.2, -0.15) is 5.92 Å². The highest BCUT2D eigenvalue weighted by Crippen LogP contribution is 2.24. The second-order valence-corrected chi connectivity index (χ2v) is 7.32. The quantitative estimate of drug-likeness (QED) is 0.490. The average molecular weight is 281 g/mol. The molecule has 0 N–H and O–H groups in total. The van der Waals surface area contributed by atoms with Gasteiger partial charge in [-0.05, 0) is 51.6 Å². The first-order valence-electron chi connectivity index (χ1n) is 8.49. The molecule has 0 saturated carbocycles. The lowest BCUT2D eigenvalue weighted by Crippen LogP contribution is -2.39. The van der Waals surface area contributed by atoms with Crippen molar-refractivity contribution < 1.29 is 0 Å². The highest BCUT2D eigenvalue weighted by Gasteiger charge is 2.20. The molecule has 1 heteroatoms. The summed E-state index contributed by atoms with van der Waals surface area (Å²) >= 11 is 0. The van der Waals surface area contributed by atoms with E-state index in [4.69, 9.17) is 0 Å². The van der Waals surface area contributed by atoms with Crippen LogP contribution in [0.5, 0.6) is 0 Å². The molecule has 1 fully saturated rings. The molecule has 0 amide bonds. The minimum Gasteiger partial charge on any atom is -0.340 e. The van der Waals surface area contributed by atoms with Crippen molar-refractivity contribution in [1.29, 1.82) is 0 Å². The average Bonchev–Trinajstić information content (AvgIpc) is 2.37. The largest absolute Gasteiger partial charge is 0.340 e. The van der Waals surface area contributed by atoms with Gasteiger partial charge >= 0.3 is 0 Å². The van der Waals surface area contributed by atoms with Crippen LogP contribution >= 0.6 is 0 Å². The molecule has 0 aromatic heterocycles. The van der Waals surface area contributed by atoms with Gasteiger partial charge in [0.2, 0.25) is 0 Å². The van der Waals surface area contributed by atoms with Gasteiger partial charge in [-0.15, -0.1) is 0 Å². The summed E-state index contributed by atoms with van der Waals surface area (Å²) in [6, 6.07) is 0.728. The van der Waals surface area contributed by atoms with Gasteiger partial charge in [0.15, 0.2) is 0 Å². The molecule has 1 heterocycles. The fourth-order valence-electron chi connectivity index (χ4n) is 2.45. The van der Waals surface area contributed by atoms with Crippen LogP contribution in [0.3, 0.4) is 0 Å². The maximum absolute atomic E-state index is 4.11. The van der Waals surface area contributed by atoms with Crippen molar-refractivity contribution in [3.05, 3.63) is 19.1 Å². The van der Waals surface area contributed by atoms with Crippen LogP contribution < -0.4 is 0 Å². The molecule has 20 heavy (non-hydrogen) atoms. The van der Waals surface area contributed by atoms with E-state index in [0.29, 0.717) is 17.8 Å². The van der Waals surface area contributed by atoms with Gasteiger partial charge in [0.1, 0.15) is 0 Å².